The molecule has 0 bridgehead atoms. The summed E-state index contributed by atoms with van der Waals surface area (Å²) in [7, 11) is 1.91. The third-order valence-electron chi connectivity index (χ3n) is 2.37. The van der Waals surface area contributed by atoms with Crippen LogP contribution in [-0.2, 0) is 4.79 Å². The number of carbonyl (C=O) groups excluding carboxylic acids is 2. The van der Waals surface area contributed by atoms with E-state index in [9.17, 15) is 9.59 Å². The summed E-state index contributed by atoms with van der Waals surface area (Å²) in [4.78, 5) is 25.6. The van der Waals surface area contributed by atoms with Crippen LogP contribution in [0.15, 0.2) is 40.9 Å². The predicted molar refractivity (Wildman–Crippen MR) is 84.7 cm³/mol. The summed E-state index contributed by atoms with van der Waals surface area (Å²) in [5.74, 6) is 0.576. The van der Waals surface area contributed by atoms with Crippen molar-refractivity contribution in [3.05, 3.63) is 48.2 Å². The van der Waals surface area contributed by atoms with Crippen molar-refractivity contribution in [2.75, 3.05) is 18.1 Å². The minimum Gasteiger partial charge on any atom is -0.438 e. The number of ketones is 1. The van der Waals surface area contributed by atoms with Crippen LogP contribution < -0.4 is 5.32 Å². The maximum absolute atomic E-state index is 11.3. The zero-order chi connectivity index (χ0) is 15.7. The molecule has 1 N–H and O–H groups in total. The number of hydrogen-bond acceptors (Lipinski definition) is 6. The van der Waals surface area contributed by atoms with Crippen LogP contribution in [0.3, 0.4) is 0 Å². The van der Waals surface area contributed by atoms with Crippen LogP contribution in [0.1, 0.15) is 23.4 Å². The molecule has 0 saturated heterocycles. The molecule has 112 valence electrons. The highest BCUT2D eigenvalue weighted by molar-refractivity contribution is 8.14. The molecule has 0 fully saturated rings. The minimum absolute atomic E-state index is 0.0791. The van der Waals surface area contributed by atoms with E-state index in [1.165, 1.54) is 13.1 Å². The Hall–Kier alpha value is -2.08. The standard InChI is InChI=1S/C8H9NO3S.C7H9N/c1-5-9-3-8(12-5)7(11)4-13-6(2)10;1-8-7-5-3-2-4-6-7/h3H,4H2,1-2H3;2-6,8H,1H3. The first-order valence-electron chi connectivity index (χ1n) is 6.34. The maximum atomic E-state index is 11.3. The fourth-order valence-corrected chi connectivity index (χ4v) is 1.81. The molecule has 0 saturated carbocycles. The highest BCUT2D eigenvalue weighted by Crippen LogP contribution is 2.08. The third kappa shape index (κ3) is 6.76. The maximum Gasteiger partial charge on any atom is 0.209 e. The number of benzene rings is 1. The van der Waals surface area contributed by atoms with E-state index in [0.717, 1.165) is 17.4 Å². The first-order valence-corrected chi connectivity index (χ1v) is 7.33. The van der Waals surface area contributed by atoms with Crippen LogP contribution in [0.4, 0.5) is 5.69 Å². The van der Waals surface area contributed by atoms with Crippen molar-refractivity contribution in [2.45, 2.75) is 13.8 Å². The minimum atomic E-state index is -0.208. The van der Waals surface area contributed by atoms with E-state index in [1.807, 2.05) is 37.4 Å². The normalized spacial score (nSPS) is 9.48. The summed E-state index contributed by atoms with van der Waals surface area (Å²) in [6.45, 7) is 3.08. The van der Waals surface area contributed by atoms with Crippen molar-refractivity contribution < 1.29 is 14.0 Å². The average molecular weight is 306 g/mol. The number of anilines is 1. The Morgan fingerprint density at radius 1 is 1.29 bits per heavy atom. The molecule has 1 aromatic carbocycles. The summed E-state index contributed by atoms with van der Waals surface area (Å²) >= 11 is 0.967. The lowest BCUT2D eigenvalue weighted by Gasteiger charge is -1.94. The monoisotopic (exact) mass is 306 g/mol. The summed E-state index contributed by atoms with van der Waals surface area (Å²) in [5, 5.41) is 2.95. The highest BCUT2D eigenvalue weighted by Gasteiger charge is 2.11. The van der Waals surface area contributed by atoms with Crippen LogP contribution in [0.2, 0.25) is 0 Å². The number of nitrogens with one attached hydrogen (secondary N) is 1. The topological polar surface area (TPSA) is 72.2 Å². The fourth-order valence-electron chi connectivity index (χ4n) is 1.33. The molecule has 0 aliphatic rings. The van der Waals surface area contributed by atoms with Crippen LogP contribution in [0.5, 0.6) is 0 Å². The summed E-state index contributed by atoms with van der Waals surface area (Å²) in [6, 6.07) is 10.1. The van der Waals surface area contributed by atoms with E-state index in [0.29, 0.717) is 5.89 Å². The summed E-state index contributed by atoms with van der Waals surface area (Å²) < 4.78 is 4.99. The second kappa shape index (κ2) is 8.97. The van der Waals surface area contributed by atoms with Gasteiger partial charge in [0.05, 0.1) is 11.9 Å². The van der Waals surface area contributed by atoms with Gasteiger partial charge in [0.2, 0.25) is 5.78 Å². The van der Waals surface area contributed by atoms with Crippen LogP contribution in [0, 0.1) is 6.92 Å². The molecule has 5 nitrogen and oxygen atoms in total. The van der Waals surface area contributed by atoms with Crippen LogP contribution in [0.25, 0.3) is 0 Å². The van der Waals surface area contributed by atoms with Crippen LogP contribution in [-0.4, -0.2) is 28.7 Å². The van der Waals surface area contributed by atoms with Crippen LogP contribution >= 0.6 is 11.8 Å². The summed E-state index contributed by atoms with van der Waals surface area (Å²) in [5.41, 5.74) is 1.16. The van der Waals surface area contributed by atoms with Crippen molar-refractivity contribution in [1.82, 2.24) is 4.98 Å². The SMILES string of the molecule is CC(=O)SCC(=O)c1cnc(C)o1.CNc1ccccc1. The number of hydrogen-bond donors (Lipinski definition) is 1. The smallest absolute Gasteiger partial charge is 0.209 e. The molecule has 0 atom stereocenters. The molecule has 21 heavy (non-hydrogen) atoms. The molecule has 0 amide bonds. The summed E-state index contributed by atoms with van der Waals surface area (Å²) in [6.07, 6.45) is 1.37. The molecule has 2 rings (SSSR count). The van der Waals surface area contributed by atoms with Gasteiger partial charge in [-0.2, -0.15) is 0 Å². The molecule has 0 unspecified atom stereocenters. The van der Waals surface area contributed by atoms with Gasteiger partial charge in [-0.3, -0.25) is 9.59 Å². The molecule has 2 aromatic rings. The van der Waals surface area contributed by atoms with Crippen molar-refractivity contribution in [3.63, 3.8) is 0 Å². The number of para-hydroxylation sites is 1. The Balaban J connectivity index is 0.000000235. The van der Waals surface area contributed by atoms with E-state index in [4.69, 9.17) is 4.42 Å². The Labute approximate surface area is 128 Å². The van der Waals surface area contributed by atoms with E-state index in [-0.39, 0.29) is 22.4 Å². The zero-order valence-corrected chi connectivity index (χ0v) is 13.1. The lowest BCUT2D eigenvalue weighted by Crippen LogP contribution is -2.02. The molecule has 6 heteroatoms. The lowest BCUT2D eigenvalue weighted by molar-refractivity contribution is -0.109. The van der Waals surface area contributed by atoms with Gasteiger partial charge in [0.1, 0.15) is 0 Å². The van der Waals surface area contributed by atoms with Gasteiger partial charge in [0, 0.05) is 26.6 Å². The highest BCUT2D eigenvalue weighted by atomic mass is 32.2. The molecule has 0 radical (unpaired) electrons. The molecule has 0 spiro atoms. The molecule has 1 heterocycles. The number of Topliss-reactive ketones (excluding diaryl/α,β-unsaturated/α-hetero) is 1. The van der Waals surface area contributed by atoms with Crippen molar-refractivity contribution in [2.24, 2.45) is 0 Å². The number of aryl methyl sites for hydroxylation is 1. The molecule has 0 aliphatic heterocycles. The number of thioether (sulfide) groups is 1. The Bertz CT molecular complexity index is 582. The quantitative estimate of drug-likeness (QED) is 0.875. The van der Waals surface area contributed by atoms with E-state index in [1.54, 1.807) is 6.92 Å². The lowest BCUT2D eigenvalue weighted by atomic mass is 10.3. The Morgan fingerprint density at radius 2 is 1.95 bits per heavy atom. The van der Waals surface area contributed by atoms with Gasteiger partial charge >= 0.3 is 0 Å². The van der Waals surface area contributed by atoms with E-state index in [2.05, 4.69) is 10.3 Å². The van der Waals surface area contributed by atoms with Gasteiger partial charge in [-0.05, 0) is 12.1 Å². The molecule has 0 aliphatic carbocycles. The fraction of sp³-hybridized carbons (Fsp3) is 0.267. The Morgan fingerprint density at radius 3 is 2.38 bits per heavy atom. The van der Waals surface area contributed by atoms with Gasteiger partial charge < -0.3 is 9.73 Å². The number of carbonyl (C=O) groups is 2. The molecular weight excluding hydrogens is 288 g/mol. The van der Waals surface area contributed by atoms with Gasteiger partial charge in [-0.15, -0.1) is 0 Å². The zero-order valence-electron chi connectivity index (χ0n) is 12.3. The first kappa shape index (κ1) is 17.0. The van der Waals surface area contributed by atoms with Crippen molar-refractivity contribution >= 4 is 28.3 Å². The average Bonchev–Trinajstić information content (AvgIpc) is 2.93. The van der Waals surface area contributed by atoms with Gasteiger partial charge in [-0.1, -0.05) is 30.0 Å². The number of oxazole rings is 1. The molecule has 1 aromatic heterocycles. The third-order valence-corrected chi connectivity index (χ3v) is 3.18. The van der Waals surface area contributed by atoms with Gasteiger partial charge in [0.15, 0.2) is 16.8 Å². The van der Waals surface area contributed by atoms with Crippen molar-refractivity contribution in [3.8, 4) is 0 Å². The van der Waals surface area contributed by atoms with E-state index < -0.39 is 0 Å². The first-order chi connectivity index (χ1) is 10.0. The Kier molecular flexibility index (Phi) is 7.25. The number of rotatable bonds is 4. The number of aromatic nitrogens is 1. The van der Waals surface area contributed by atoms with Crippen molar-refractivity contribution in [1.29, 1.82) is 0 Å². The van der Waals surface area contributed by atoms with Gasteiger partial charge in [-0.25, -0.2) is 4.98 Å². The van der Waals surface area contributed by atoms with E-state index >= 15 is 0 Å². The molecular formula is C15H18N2O3S. The number of nitrogens with zero attached hydrogens (tertiary/aromatic N) is 1. The largest absolute Gasteiger partial charge is 0.438 e. The second-order valence-electron chi connectivity index (χ2n) is 4.06. The van der Waals surface area contributed by atoms with Gasteiger partial charge in [0.25, 0.3) is 0 Å². The predicted octanol–water partition coefficient (Wildman–Crippen LogP) is 3.17. The second-order valence-corrected chi connectivity index (χ2v) is 5.22.